The Labute approximate surface area is 236 Å². The van der Waals surface area contributed by atoms with Crippen molar-refractivity contribution in [3.8, 4) is 34.3 Å². The van der Waals surface area contributed by atoms with E-state index in [0.717, 1.165) is 24.3 Å². The molecule has 0 spiro atoms. The number of nitriles is 1. The van der Waals surface area contributed by atoms with Crippen LogP contribution >= 0.6 is 0 Å². The fourth-order valence-corrected chi connectivity index (χ4v) is 4.83. The highest BCUT2D eigenvalue weighted by Crippen LogP contribution is 2.34. The summed E-state index contributed by atoms with van der Waals surface area (Å²) in [7, 11) is 1.43. The van der Waals surface area contributed by atoms with Crippen LogP contribution in [0.25, 0.3) is 22.5 Å². The topological polar surface area (TPSA) is 128 Å². The quantitative estimate of drug-likeness (QED) is 0.336. The average molecular weight is 554 g/mol. The summed E-state index contributed by atoms with van der Waals surface area (Å²) in [6.07, 6.45) is 4.62. The molecule has 0 unspecified atom stereocenters. The van der Waals surface area contributed by atoms with Crippen LogP contribution in [0, 0.1) is 17.1 Å². The molecule has 2 N–H and O–H groups in total. The zero-order valence-corrected chi connectivity index (χ0v) is 22.4. The van der Waals surface area contributed by atoms with Crippen molar-refractivity contribution in [3.63, 3.8) is 0 Å². The van der Waals surface area contributed by atoms with E-state index < -0.39 is 11.7 Å². The smallest absolute Gasteiger partial charge is 0.274 e. The summed E-state index contributed by atoms with van der Waals surface area (Å²) in [6.45, 7) is 3.53. The molecule has 3 heterocycles. The van der Waals surface area contributed by atoms with Crippen LogP contribution in [-0.2, 0) is 0 Å². The van der Waals surface area contributed by atoms with Gasteiger partial charge >= 0.3 is 0 Å². The number of β-amino-alcohol motifs (C(OH)–C–C–N with tert-alkyl or cyclic N) is 1. The molecule has 41 heavy (non-hydrogen) atoms. The Bertz CT molecular complexity index is 1600. The third-order valence-electron chi connectivity index (χ3n) is 6.93. The summed E-state index contributed by atoms with van der Waals surface area (Å²) in [5, 5.41) is 21.9. The second-order valence-electron chi connectivity index (χ2n) is 9.35. The fraction of sp³-hybridized carbons (Fsp3) is 0.233. The van der Waals surface area contributed by atoms with E-state index in [9.17, 15) is 19.6 Å². The lowest BCUT2D eigenvalue weighted by Gasteiger charge is -2.36. The molecule has 1 amide bonds. The van der Waals surface area contributed by atoms with E-state index in [0.29, 0.717) is 36.4 Å². The van der Waals surface area contributed by atoms with Gasteiger partial charge in [-0.1, -0.05) is 12.1 Å². The minimum absolute atomic E-state index is 0.0313. The highest BCUT2D eigenvalue weighted by atomic mass is 19.1. The normalized spacial score (nSPS) is 13.5. The van der Waals surface area contributed by atoms with Crippen LogP contribution in [-0.4, -0.2) is 77.3 Å². The van der Waals surface area contributed by atoms with E-state index in [1.54, 1.807) is 30.6 Å². The second-order valence-corrected chi connectivity index (χ2v) is 9.35. The van der Waals surface area contributed by atoms with Gasteiger partial charge in [-0.25, -0.2) is 14.4 Å². The van der Waals surface area contributed by atoms with E-state index in [4.69, 9.17) is 4.74 Å². The van der Waals surface area contributed by atoms with Crippen molar-refractivity contribution >= 4 is 17.3 Å². The van der Waals surface area contributed by atoms with Gasteiger partial charge in [0.1, 0.15) is 17.3 Å². The monoisotopic (exact) mass is 553 g/mol. The van der Waals surface area contributed by atoms with Gasteiger partial charge in [-0.2, -0.15) is 5.26 Å². The molecule has 0 saturated carbocycles. The Balaban J connectivity index is 1.48. The van der Waals surface area contributed by atoms with E-state index in [1.807, 2.05) is 12.1 Å². The van der Waals surface area contributed by atoms with Crippen molar-refractivity contribution in [1.82, 2.24) is 19.9 Å². The van der Waals surface area contributed by atoms with Gasteiger partial charge in [-0.3, -0.25) is 14.7 Å². The molecule has 1 saturated heterocycles. The Morgan fingerprint density at radius 2 is 1.98 bits per heavy atom. The van der Waals surface area contributed by atoms with Crippen molar-refractivity contribution in [2.24, 2.45) is 0 Å². The van der Waals surface area contributed by atoms with Gasteiger partial charge in [0.25, 0.3) is 5.91 Å². The van der Waals surface area contributed by atoms with Crippen LogP contribution in [0.1, 0.15) is 16.1 Å². The molecule has 1 aliphatic heterocycles. The number of carbonyl (C=O) groups excluding carboxylic acids is 1. The van der Waals surface area contributed by atoms with E-state index in [1.165, 1.54) is 31.5 Å². The lowest BCUT2D eigenvalue weighted by molar-refractivity contribution is 0.102. The van der Waals surface area contributed by atoms with Crippen molar-refractivity contribution < 1.29 is 19.0 Å². The van der Waals surface area contributed by atoms with Gasteiger partial charge in [0.2, 0.25) is 0 Å². The Hall–Kier alpha value is -4.92. The van der Waals surface area contributed by atoms with Crippen molar-refractivity contribution in [2.75, 3.05) is 56.7 Å². The van der Waals surface area contributed by atoms with Crippen molar-refractivity contribution in [2.45, 2.75) is 0 Å². The lowest BCUT2D eigenvalue weighted by atomic mass is 10.0. The zero-order valence-electron chi connectivity index (χ0n) is 22.4. The first-order valence-corrected chi connectivity index (χ1v) is 13.1. The molecule has 11 heteroatoms. The van der Waals surface area contributed by atoms with Gasteiger partial charge in [0.05, 0.1) is 42.3 Å². The first kappa shape index (κ1) is 27.6. The highest BCUT2D eigenvalue weighted by Gasteiger charge is 2.22. The summed E-state index contributed by atoms with van der Waals surface area (Å²) in [5.41, 5.74) is 3.43. The molecular weight excluding hydrogens is 525 g/mol. The third-order valence-corrected chi connectivity index (χ3v) is 6.93. The van der Waals surface area contributed by atoms with Crippen molar-refractivity contribution in [1.29, 1.82) is 5.26 Å². The number of pyridine rings is 1. The van der Waals surface area contributed by atoms with Crippen LogP contribution in [0.4, 0.5) is 15.8 Å². The fourth-order valence-electron chi connectivity index (χ4n) is 4.83. The molecular formula is C30H28FN7O3. The number of hydrogen-bond acceptors (Lipinski definition) is 9. The van der Waals surface area contributed by atoms with Crippen LogP contribution in [0.15, 0.2) is 67.1 Å². The number of aromatic nitrogens is 3. The molecule has 2 aromatic carbocycles. The van der Waals surface area contributed by atoms with Gasteiger partial charge in [-0.05, 0) is 42.0 Å². The molecule has 10 nitrogen and oxygen atoms in total. The summed E-state index contributed by atoms with van der Waals surface area (Å²) >= 11 is 0. The standard InChI is InChI=1S/C30H28FN7O3/c1-41-27-4-2-3-23(31)28(27)29-34-10-8-25(35-29)30(40)36-24-6-5-20(22-19-33-9-7-21(22)18-32)17-26(24)38-13-11-37(12-14-38)15-16-39/h2-10,17,19,39H,11-16H2,1H3,(H,36,40). The first-order valence-electron chi connectivity index (χ1n) is 13.1. The average Bonchev–Trinajstić information content (AvgIpc) is 3.01. The maximum absolute atomic E-state index is 14.7. The van der Waals surface area contributed by atoms with Crippen LogP contribution in [0.3, 0.4) is 0 Å². The number of aliphatic hydroxyl groups excluding tert-OH is 1. The first-order chi connectivity index (χ1) is 20.0. The predicted molar refractivity (Wildman–Crippen MR) is 152 cm³/mol. The molecule has 1 aliphatic rings. The number of aliphatic hydroxyl groups is 1. The summed E-state index contributed by atoms with van der Waals surface area (Å²) in [4.78, 5) is 30.5. The number of nitrogens with zero attached hydrogens (tertiary/aromatic N) is 6. The van der Waals surface area contributed by atoms with Gasteiger partial charge in [-0.15, -0.1) is 0 Å². The zero-order chi connectivity index (χ0) is 28.8. The molecule has 0 atom stereocenters. The summed E-state index contributed by atoms with van der Waals surface area (Å²) in [6, 6.07) is 15.3. The molecule has 0 bridgehead atoms. The molecule has 0 aliphatic carbocycles. The van der Waals surface area contributed by atoms with E-state index in [-0.39, 0.29) is 29.4 Å². The Morgan fingerprint density at radius 1 is 1.15 bits per heavy atom. The number of anilines is 2. The SMILES string of the molecule is COc1cccc(F)c1-c1nccc(C(=O)Nc2ccc(-c3cnccc3C#N)cc2N2CCN(CCO)CC2)n1. The third kappa shape index (κ3) is 5.99. The van der Waals surface area contributed by atoms with Gasteiger partial charge < -0.3 is 20.1 Å². The van der Waals surface area contributed by atoms with Crippen molar-refractivity contribution in [3.05, 3.63) is 84.2 Å². The lowest BCUT2D eigenvalue weighted by Crippen LogP contribution is -2.47. The number of benzene rings is 2. The number of amides is 1. The molecule has 4 aromatic rings. The minimum Gasteiger partial charge on any atom is -0.496 e. The largest absolute Gasteiger partial charge is 0.496 e. The van der Waals surface area contributed by atoms with Crippen LogP contribution < -0.4 is 15.0 Å². The highest BCUT2D eigenvalue weighted by molar-refractivity contribution is 6.05. The number of ether oxygens (including phenoxy) is 1. The second kappa shape index (κ2) is 12.5. The van der Waals surface area contributed by atoms with Gasteiger partial charge in [0, 0.05) is 56.9 Å². The number of nitrogens with one attached hydrogen (secondary N) is 1. The summed E-state index contributed by atoms with van der Waals surface area (Å²) < 4.78 is 19.9. The number of methoxy groups -OCH3 is 1. The number of halogens is 1. The Morgan fingerprint density at radius 3 is 2.73 bits per heavy atom. The van der Waals surface area contributed by atoms with E-state index in [2.05, 4.69) is 36.1 Å². The van der Waals surface area contributed by atoms with Crippen LogP contribution in [0.2, 0.25) is 0 Å². The number of rotatable bonds is 8. The predicted octanol–water partition coefficient (Wildman–Crippen LogP) is 3.59. The maximum Gasteiger partial charge on any atom is 0.274 e. The van der Waals surface area contributed by atoms with Gasteiger partial charge in [0.15, 0.2) is 5.82 Å². The molecule has 5 rings (SSSR count). The molecule has 1 fully saturated rings. The van der Waals surface area contributed by atoms with E-state index >= 15 is 0 Å². The maximum atomic E-state index is 14.7. The number of carbonyl (C=O) groups is 1. The summed E-state index contributed by atoms with van der Waals surface area (Å²) in [5.74, 6) is -0.764. The number of hydrogen-bond donors (Lipinski definition) is 2. The Kier molecular flexibility index (Phi) is 8.43. The molecule has 2 aromatic heterocycles. The molecule has 208 valence electrons. The number of piperazine rings is 1. The molecule has 0 radical (unpaired) electrons. The van der Waals surface area contributed by atoms with Crippen LogP contribution in [0.5, 0.6) is 5.75 Å². The minimum atomic E-state index is -0.563.